The van der Waals surface area contributed by atoms with Crippen molar-refractivity contribution in [2.24, 2.45) is 0 Å². The minimum absolute atomic E-state index is 0. The van der Waals surface area contributed by atoms with Crippen molar-refractivity contribution in [3.63, 3.8) is 0 Å². The Kier molecular flexibility index (Phi) is 4.59. The van der Waals surface area contributed by atoms with Crippen molar-refractivity contribution in [2.75, 3.05) is 13.6 Å². The Balaban J connectivity index is 0.00000112. The van der Waals surface area contributed by atoms with Crippen LogP contribution >= 0.6 is 0 Å². The number of nitrogens with zero attached hydrogens (tertiary/aromatic N) is 1. The van der Waals surface area contributed by atoms with Gasteiger partial charge in [-0.2, -0.15) is 0 Å². The molecule has 1 aliphatic rings. The SMILES string of the molecule is CCCC[N+]1(C)Cc2ccccc2C1.[I-]. The number of hydrogen-bond donors (Lipinski definition) is 0. The summed E-state index contributed by atoms with van der Waals surface area (Å²) in [6, 6.07) is 8.89. The molecule has 0 N–H and O–H groups in total. The lowest BCUT2D eigenvalue weighted by Gasteiger charge is -2.29. The second-order valence-electron chi connectivity index (χ2n) is 4.78. The van der Waals surface area contributed by atoms with E-state index in [0.29, 0.717) is 0 Å². The number of fused-ring (bicyclic) bond motifs is 1. The van der Waals surface area contributed by atoms with Crippen LogP contribution in [0.25, 0.3) is 0 Å². The number of quaternary nitrogens is 1. The van der Waals surface area contributed by atoms with Gasteiger partial charge in [-0.25, -0.2) is 0 Å². The predicted molar refractivity (Wildman–Crippen MR) is 59.8 cm³/mol. The summed E-state index contributed by atoms with van der Waals surface area (Å²) in [7, 11) is 2.38. The highest BCUT2D eigenvalue weighted by molar-refractivity contribution is 5.27. The molecule has 0 bridgehead atoms. The van der Waals surface area contributed by atoms with Gasteiger partial charge in [0.05, 0.1) is 13.6 Å². The average molecular weight is 317 g/mol. The van der Waals surface area contributed by atoms with Crippen LogP contribution in [0.5, 0.6) is 0 Å². The lowest BCUT2D eigenvalue weighted by molar-refractivity contribution is -0.929. The third-order valence-electron chi connectivity index (χ3n) is 3.27. The van der Waals surface area contributed by atoms with Crippen LogP contribution in [-0.2, 0) is 13.1 Å². The van der Waals surface area contributed by atoms with Gasteiger partial charge < -0.3 is 28.5 Å². The van der Waals surface area contributed by atoms with E-state index in [2.05, 4.69) is 38.2 Å². The largest absolute Gasteiger partial charge is 1.00 e. The summed E-state index contributed by atoms with van der Waals surface area (Å²) < 4.78 is 1.22. The van der Waals surface area contributed by atoms with Gasteiger partial charge in [-0.05, 0) is 6.42 Å². The minimum Gasteiger partial charge on any atom is -1.00 e. The van der Waals surface area contributed by atoms with Crippen molar-refractivity contribution in [3.05, 3.63) is 35.4 Å². The van der Waals surface area contributed by atoms with Gasteiger partial charge in [0.25, 0.3) is 0 Å². The molecular formula is C13H20IN. The minimum atomic E-state index is 0. The monoisotopic (exact) mass is 317 g/mol. The molecule has 0 saturated heterocycles. The van der Waals surface area contributed by atoms with Crippen molar-refractivity contribution < 1.29 is 28.5 Å². The van der Waals surface area contributed by atoms with Gasteiger partial charge in [0.1, 0.15) is 13.1 Å². The van der Waals surface area contributed by atoms with Crippen molar-refractivity contribution in [1.82, 2.24) is 0 Å². The van der Waals surface area contributed by atoms with Gasteiger partial charge in [-0.15, -0.1) is 0 Å². The smallest absolute Gasteiger partial charge is 0.105 e. The maximum Gasteiger partial charge on any atom is 0.105 e. The number of hydrogen-bond acceptors (Lipinski definition) is 0. The van der Waals surface area contributed by atoms with E-state index in [1.807, 2.05) is 0 Å². The van der Waals surface area contributed by atoms with E-state index in [0.717, 1.165) is 0 Å². The van der Waals surface area contributed by atoms with Gasteiger partial charge >= 0.3 is 0 Å². The predicted octanol–water partition coefficient (Wildman–Crippen LogP) is -0.0491. The first kappa shape index (κ1) is 13.0. The van der Waals surface area contributed by atoms with E-state index >= 15 is 0 Å². The molecule has 0 atom stereocenters. The molecule has 0 amide bonds. The summed E-state index contributed by atoms with van der Waals surface area (Å²) >= 11 is 0. The first-order valence-corrected chi connectivity index (χ1v) is 5.64. The van der Waals surface area contributed by atoms with Crippen LogP contribution in [0.4, 0.5) is 0 Å². The van der Waals surface area contributed by atoms with Crippen molar-refractivity contribution in [3.8, 4) is 0 Å². The molecule has 1 aliphatic heterocycles. The molecule has 1 nitrogen and oxygen atoms in total. The summed E-state index contributed by atoms with van der Waals surface area (Å²) in [5.41, 5.74) is 3.12. The first-order chi connectivity index (χ1) is 6.73. The average Bonchev–Trinajstić information content (AvgIpc) is 2.51. The molecular weight excluding hydrogens is 297 g/mol. The summed E-state index contributed by atoms with van der Waals surface area (Å²) in [5.74, 6) is 0. The van der Waals surface area contributed by atoms with Crippen LogP contribution < -0.4 is 24.0 Å². The first-order valence-electron chi connectivity index (χ1n) is 5.64. The van der Waals surface area contributed by atoms with Gasteiger partial charge in [-0.1, -0.05) is 37.6 Å². The second kappa shape index (κ2) is 5.30. The lowest BCUT2D eigenvalue weighted by Crippen LogP contribution is -3.00. The third-order valence-corrected chi connectivity index (χ3v) is 3.27. The van der Waals surface area contributed by atoms with Crippen LogP contribution in [0.1, 0.15) is 30.9 Å². The van der Waals surface area contributed by atoms with Gasteiger partial charge in [0.2, 0.25) is 0 Å². The highest BCUT2D eigenvalue weighted by atomic mass is 127. The molecule has 1 aromatic rings. The fourth-order valence-corrected chi connectivity index (χ4v) is 2.44. The zero-order valence-electron chi connectivity index (χ0n) is 9.67. The number of unbranched alkanes of at least 4 members (excludes halogenated alkanes) is 1. The molecule has 0 spiro atoms. The molecule has 15 heavy (non-hydrogen) atoms. The number of halogens is 1. The van der Waals surface area contributed by atoms with E-state index in [1.54, 1.807) is 11.1 Å². The van der Waals surface area contributed by atoms with Crippen LogP contribution in [0.2, 0.25) is 0 Å². The molecule has 2 rings (SSSR count). The molecule has 2 heteroatoms. The molecule has 1 aromatic carbocycles. The Morgan fingerprint density at radius 3 is 2.13 bits per heavy atom. The Labute approximate surface area is 110 Å². The summed E-state index contributed by atoms with van der Waals surface area (Å²) in [5, 5.41) is 0. The summed E-state index contributed by atoms with van der Waals surface area (Å²) in [6.45, 7) is 6.06. The molecule has 84 valence electrons. The lowest BCUT2D eigenvalue weighted by atomic mass is 10.1. The van der Waals surface area contributed by atoms with Gasteiger partial charge in [0.15, 0.2) is 0 Å². The molecule has 1 heterocycles. The topological polar surface area (TPSA) is 0 Å². The Hall–Kier alpha value is -0.0900. The fraction of sp³-hybridized carbons (Fsp3) is 0.538. The number of rotatable bonds is 3. The van der Waals surface area contributed by atoms with Crippen molar-refractivity contribution in [1.29, 1.82) is 0 Å². The molecule has 0 unspecified atom stereocenters. The maximum absolute atomic E-state index is 2.38. The van der Waals surface area contributed by atoms with E-state index < -0.39 is 0 Å². The quantitative estimate of drug-likeness (QED) is 0.542. The summed E-state index contributed by atoms with van der Waals surface area (Å²) in [6.07, 6.45) is 2.66. The maximum atomic E-state index is 2.38. The van der Waals surface area contributed by atoms with Crippen LogP contribution in [0.15, 0.2) is 24.3 Å². The second-order valence-corrected chi connectivity index (χ2v) is 4.78. The molecule has 0 radical (unpaired) electrons. The molecule has 0 saturated carbocycles. The highest BCUT2D eigenvalue weighted by Crippen LogP contribution is 2.28. The molecule has 0 aliphatic carbocycles. The van der Waals surface area contributed by atoms with Gasteiger partial charge in [-0.3, -0.25) is 0 Å². The Morgan fingerprint density at radius 1 is 1.13 bits per heavy atom. The Morgan fingerprint density at radius 2 is 1.67 bits per heavy atom. The highest BCUT2D eigenvalue weighted by Gasteiger charge is 2.30. The van der Waals surface area contributed by atoms with E-state index in [4.69, 9.17) is 0 Å². The standard InChI is InChI=1S/C13H20N.HI/c1-3-4-9-14(2)10-12-7-5-6-8-13(12)11-14;/h5-8H,3-4,9-11H2,1-2H3;1H/q+1;/p-1. The van der Waals surface area contributed by atoms with Gasteiger partial charge in [0, 0.05) is 11.1 Å². The molecule has 0 aromatic heterocycles. The van der Waals surface area contributed by atoms with E-state index in [-0.39, 0.29) is 24.0 Å². The third kappa shape index (κ3) is 2.94. The van der Waals surface area contributed by atoms with Crippen molar-refractivity contribution in [2.45, 2.75) is 32.9 Å². The van der Waals surface area contributed by atoms with Crippen LogP contribution in [0, 0.1) is 0 Å². The van der Waals surface area contributed by atoms with E-state index in [1.165, 1.54) is 37.0 Å². The Bertz CT molecular complexity index is 297. The summed E-state index contributed by atoms with van der Waals surface area (Å²) in [4.78, 5) is 0. The van der Waals surface area contributed by atoms with Crippen molar-refractivity contribution >= 4 is 0 Å². The normalized spacial score (nSPS) is 16.9. The van der Waals surface area contributed by atoms with E-state index in [9.17, 15) is 0 Å². The zero-order valence-corrected chi connectivity index (χ0v) is 11.8. The zero-order chi connectivity index (χ0) is 10.0. The van der Waals surface area contributed by atoms with Crippen LogP contribution in [0.3, 0.4) is 0 Å². The van der Waals surface area contributed by atoms with Crippen LogP contribution in [-0.4, -0.2) is 18.1 Å². The molecule has 0 fully saturated rings. The number of benzene rings is 1. The fourth-order valence-electron chi connectivity index (χ4n) is 2.44.